The molecule has 7 nitrogen and oxygen atoms in total. The Bertz CT molecular complexity index is 794. The van der Waals surface area contributed by atoms with Crippen LogP contribution in [-0.2, 0) is 20.7 Å². The molecule has 3 rings (SSSR count). The molecule has 28 heavy (non-hydrogen) atoms. The lowest BCUT2D eigenvalue weighted by atomic mass is 9.97. The van der Waals surface area contributed by atoms with Gasteiger partial charge in [0.05, 0.1) is 24.8 Å². The molecule has 2 heterocycles. The van der Waals surface area contributed by atoms with Gasteiger partial charge in [-0.3, -0.25) is 4.79 Å². The molecule has 7 heteroatoms. The Kier molecular flexibility index (Phi) is 6.68. The predicted octanol–water partition coefficient (Wildman–Crippen LogP) is 3.60. The molecule has 0 bridgehead atoms. The first kappa shape index (κ1) is 19.9. The van der Waals surface area contributed by atoms with E-state index in [-0.39, 0.29) is 24.6 Å². The minimum Gasteiger partial charge on any atom is -0.466 e. The van der Waals surface area contributed by atoms with Crippen molar-refractivity contribution in [2.45, 2.75) is 33.1 Å². The summed E-state index contributed by atoms with van der Waals surface area (Å²) in [5.74, 6) is 0.995. The van der Waals surface area contributed by atoms with Gasteiger partial charge >= 0.3 is 12.1 Å². The quantitative estimate of drug-likeness (QED) is 0.706. The van der Waals surface area contributed by atoms with Gasteiger partial charge in [-0.05, 0) is 38.8 Å². The SMILES string of the molecule is CCOC(=O)C1CCN(C(=O)OCCc2nc(-c3ccccc3)oc2C)CC1. The molecule has 1 aliphatic heterocycles. The van der Waals surface area contributed by atoms with E-state index in [2.05, 4.69) is 4.98 Å². The van der Waals surface area contributed by atoms with Crippen LogP contribution in [-0.4, -0.2) is 48.2 Å². The van der Waals surface area contributed by atoms with E-state index >= 15 is 0 Å². The molecule has 0 spiro atoms. The fourth-order valence-corrected chi connectivity index (χ4v) is 3.25. The molecule has 0 unspecified atom stereocenters. The minimum absolute atomic E-state index is 0.127. The second-order valence-electron chi connectivity index (χ2n) is 6.77. The first-order chi connectivity index (χ1) is 13.6. The number of benzene rings is 1. The van der Waals surface area contributed by atoms with Crippen molar-refractivity contribution in [2.24, 2.45) is 5.92 Å². The molecule has 1 amide bonds. The average Bonchev–Trinajstić information content (AvgIpc) is 3.09. The lowest BCUT2D eigenvalue weighted by Crippen LogP contribution is -2.41. The number of oxazole rings is 1. The number of nitrogens with zero attached hydrogens (tertiary/aromatic N) is 2. The third kappa shape index (κ3) is 4.91. The van der Waals surface area contributed by atoms with E-state index in [1.807, 2.05) is 37.3 Å². The summed E-state index contributed by atoms with van der Waals surface area (Å²) in [5.41, 5.74) is 1.70. The van der Waals surface area contributed by atoms with Crippen molar-refractivity contribution in [3.8, 4) is 11.5 Å². The van der Waals surface area contributed by atoms with E-state index in [1.165, 1.54) is 0 Å². The molecule has 1 saturated heterocycles. The standard InChI is InChI=1S/C21H26N2O5/c1-3-26-20(24)17-9-12-23(13-10-17)21(25)27-14-11-18-15(2)28-19(22-18)16-7-5-4-6-8-16/h4-8,17H,3,9-14H2,1-2H3. The summed E-state index contributed by atoms with van der Waals surface area (Å²) >= 11 is 0. The topological polar surface area (TPSA) is 81.9 Å². The van der Waals surface area contributed by atoms with Gasteiger partial charge in [-0.2, -0.15) is 0 Å². The Morgan fingerprint density at radius 2 is 1.89 bits per heavy atom. The molecule has 1 aromatic carbocycles. The highest BCUT2D eigenvalue weighted by atomic mass is 16.6. The first-order valence-electron chi connectivity index (χ1n) is 9.68. The lowest BCUT2D eigenvalue weighted by molar-refractivity contribution is -0.149. The second kappa shape index (κ2) is 9.39. The van der Waals surface area contributed by atoms with Crippen LogP contribution in [0.3, 0.4) is 0 Å². The van der Waals surface area contributed by atoms with Crippen LogP contribution in [0.1, 0.15) is 31.2 Å². The zero-order chi connectivity index (χ0) is 19.9. The molecular formula is C21H26N2O5. The van der Waals surface area contributed by atoms with Crippen molar-refractivity contribution in [3.05, 3.63) is 41.8 Å². The van der Waals surface area contributed by atoms with Crippen molar-refractivity contribution in [2.75, 3.05) is 26.3 Å². The van der Waals surface area contributed by atoms with Crippen molar-refractivity contribution in [3.63, 3.8) is 0 Å². The van der Waals surface area contributed by atoms with Gasteiger partial charge in [-0.15, -0.1) is 0 Å². The number of ether oxygens (including phenoxy) is 2. The van der Waals surface area contributed by atoms with Gasteiger partial charge in [-0.25, -0.2) is 9.78 Å². The third-order valence-electron chi connectivity index (χ3n) is 4.85. The van der Waals surface area contributed by atoms with Crippen LogP contribution < -0.4 is 0 Å². The van der Waals surface area contributed by atoms with E-state index in [0.29, 0.717) is 44.8 Å². The first-order valence-corrected chi connectivity index (χ1v) is 9.68. The highest BCUT2D eigenvalue weighted by molar-refractivity contribution is 5.73. The average molecular weight is 386 g/mol. The maximum atomic E-state index is 12.2. The van der Waals surface area contributed by atoms with Crippen molar-refractivity contribution in [1.82, 2.24) is 9.88 Å². The molecule has 1 fully saturated rings. The van der Waals surface area contributed by atoms with E-state index in [1.54, 1.807) is 11.8 Å². The zero-order valence-corrected chi connectivity index (χ0v) is 16.3. The van der Waals surface area contributed by atoms with Crippen molar-refractivity contribution in [1.29, 1.82) is 0 Å². The Morgan fingerprint density at radius 3 is 2.57 bits per heavy atom. The zero-order valence-electron chi connectivity index (χ0n) is 16.3. The van der Waals surface area contributed by atoms with E-state index in [0.717, 1.165) is 17.0 Å². The van der Waals surface area contributed by atoms with Gasteiger partial charge in [0, 0.05) is 25.1 Å². The summed E-state index contributed by atoms with van der Waals surface area (Å²) in [6.07, 6.45) is 1.35. The van der Waals surface area contributed by atoms with Gasteiger partial charge in [0.15, 0.2) is 0 Å². The number of carbonyl (C=O) groups is 2. The van der Waals surface area contributed by atoms with Gasteiger partial charge < -0.3 is 18.8 Å². The van der Waals surface area contributed by atoms with Crippen LogP contribution in [0.4, 0.5) is 4.79 Å². The number of hydrogen-bond donors (Lipinski definition) is 0. The van der Waals surface area contributed by atoms with Crippen LogP contribution in [0, 0.1) is 12.8 Å². The summed E-state index contributed by atoms with van der Waals surface area (Å²) in [4.78, 5) is 30.2. The summed E-state index contributed by atoms with van der Waals surface area (Å²) in [6.45, 7) is 5.28. The minimum atomic E-state index is -0.355. The fraction of sp³-hybridized carbons (Fsp3) is 0.476. The van der Waals surface area contributed by atoms with Gasteiger partial charge in [0.1, 0.15) is 5.76 Å². The number of rotatable bonds is 6. The Hall–Kier alpha value is -2.83. The fourth-order valence-electron chi connectivity index (χ4n) is 3.25. The number of esters is 1. The number of likely N-dealkylation sites (tertiary alicyclic amines) is 1. The van der Waals surface area contributed by atoms with Gasteiger partial charge in [0.2, 0.25) is 5.89 Å². The number of piperidine rings is 1. The van der Waals surface area contributed by atoms with E-state index in [4.69, 9.17) is 13.9 Å². The molecule has 0 atom stereocenters. The lowest BCUT2D eigenvalue weighted by Gasteiger charge is -2.30. The van der Waals surface area contributed by atoms with E-state index in [9.17, 15) is 9.59 Å². The Labute approximate surface area is 164 Å². The van der Waals surface area contributed by atoms with Crippen LogP contribution in [0.5, 0.6) is 0 Å². The molecule has 150 valence electrons. The van der Waals surface area contributed by atoms with Crippen molar-refractivity contribution >= 4 is 12.1 Å². The number of hydrogen-bond acceptors (Lipinski definition) is 6. The van der Waals surface area contributed by atoms with Crippen LogP contribution in [0.2, 0.25) is 0 Å². The predicted molar refractivity (Wildman–Crippen MR) is 103 cm³/mol. The smallest absolute Gasteiger partial charge is 0.409 e. The summed E-state index contributed by atoms with van der Waals surface area (Å²) in [7, 11) is 0. The van der Waals surface area contributed by atoms with Crippen LogP contribution in [0.25, 0.3) is 11.5 Å². The van der Waals surface area contributed by atoms with Gasteiger partial charge in [-0.1, -0.05) is 18.2 Å². The number of carbonyl (C=O) groups excluding carboxylic acids is 2. The summed E-state index contributed by atoms with van der Waals surface area (Å²) in [5, 5.41) is 0. The number of amides is 1. The normalized spacial score (nSPS) is 14.7. The molecule has 0 N–H and O–H groups in total. The number of aromatic nitrogens is 1. The summed E-state index contributed by atoms with van der Waals surface area (Å²) in [6, 6.07) is 9.68. The molecule has 0 saturated carbocycles. The maximum absolute atomic E-state index is 12.2. The molecule has 2 aromatic rings. The third-order valence-corrected chi connectivity index (χ3v) is 4.85. The Balaban J connectivity index is 1.45. The van der Waals surface area contributed by atoms with E-state index < -0.39 is 0 Å². The molecular weight excluding hydrogens is 360 g/mol. The monoisotopic (exact) mass is 386 g/mol. The van der Waals surface area contributed by atoms with Crippen LogP contribution >= 0.6 is 0 Å². The molecule has 1 aromatic heterocycles. The maximum Gasteiger partial charge on any atom is 0.409 e. The van der Waals surface area contributed by atoms with Crippen molar-refractivity contribution < 1.29 is 23.5 Å². The highest BCUT2D eigenvalue weighted by Crippen LogP contribution is 2.22. The molecule has 1 aliphatic rings. The largest absolute Gasteiger partial charge is 0.466 e. The highest BCUT2D eigenvalue weighted by Gasteiger charge is 2.28. The second-order valence-corrected chi connectivity index (χ2v) is 6.77. The summed E-state index contributed by atoms with van der Waals surface area (Å²) < 4.78 is 16.2. The van der Waals surface area contributed by atoms with Crippen LogP contribution in [0.15, 0.2) is 34.7 Å². The molecule has 0 aliphatic carbocycles. The number of aryl methyl sites for hydroxylation is 1. The van der Waals surface area contributed by atoms with Gasteiger partial charge in [0.25, 0.3) is 0 Å². The molecule has 0 radical (unpaired) electrons. The Morgan fingerprint density at radius 1 is 1.18 bits per heavy atom.